The van der Waals surface area contributed by atoms with Gasteiger partial charge in [0.05, 0.1) is 23.8 Å². The number of nitrogens with two attached hydrogens (primary N) is 2. The van der Waals surface area contributed by atoms with Crippen LogP contribution >= 0.6 is 0 Å². The minimum absolute atomic E-state index is 0.0568. The summed E-state index contributed by atoms with van der Waals surface area (Å²) >= 11 is 0. The number of aryl methyl sites for hydroxylation is 2. The van der Waals surface area contributed by atoms with Gasteiger partial charge in [0, 0.05) is 12.1 Å². The monoisotopic (exact) mass is 672 g/mol. The molecule has 252 valence electrons. The standard InChI is InChI=1S/2C20H17FN2O2/c2*21-15-4-1-13(2-5-15)18-8-3-14-11-17(7-9-19(14)25-18)24-20-10-6-16(22)12-23-20/h2*1-2,4-7,9-12,18H,3,8,22H2. The molecule has 2 atom stereocenters. The minimum Gasteiger partial charge on any atom is -0.485 e. The van der Waals surface area contributed by atoms with Gasteiger partial charge in [-0.25, -0.2) is 18.7 Å². The largest absolute Gasteiger partial charge is 0.485 e. The Labute approximate surface area is 288 Å². The van der Waals surface area contributed by atoms with Gasteiger partial charge in [-0.1, -0.05) is 24.3 Å². The Morgan fingerprint density at radius 2 is 0.960 bits per heavy atom. The molecule has 0 bridgehead atoms. The number of pyridine rings is 2. The highest BCUT2D eigenvalue weighted by molar-refractivity contribution is 5.46. The van der Waals surface area contributed by atoms with Crippen LogP contribution in [-0.2, 0) is 12.8 Å². The van der Waals surface area contributed by atoms with E-state index in [2.05, 4.69) is 9.97 Å². The summed E-state index contributed by atoms with van der Waals surface area (Å²) < 4.78 is 49.8. The predicted octanol–water partition coefficient (Wildman–Crippen LogP) is 9.32. The summed E-state index contributed by atoms with van der Waals surface area (Å²) in [6, 6.07) is 31.3. The summed E-state index contributed by atoms with van der Waals surface area (Å²) in [6.07, 6.45) is 6.41. The van der Waals surface area contributed by atoms with Gasteiger partial charge in [-0.05, 0) is 121 Å². The van der Waals surface area contributed by atoms with E-state index in [1.54, 1.807) is 60.9 Å². The van der Waals surface area contributed by atoms with Crippen molar-refractivity contribution >= 4 is 11.4 Å². The number of hydrogen-bond acceptors (Lipinski definition) is 8. The Morgan fingerprint density at radius 3 is 1.34 bits per heavy atom. The molecule has 0 saturated heterocycles. The third-order valence-electron chi connectivity index (χ3n) is 8.40. The lowest BCUT2D eigenvalue weighted by molar-refractivity contribution is 0.176. The first-order valence-corrected chi connectivity index (χ1v) is 16.2. The molecule has 10 heteroatoms. The molecule has 2 aliphatic rings. The normalized spacial score (nSPS) is 16.0. The lowest BCUT2D eigenvalue weighted by Crippen LogP contribution is -2.15. The van der Waals surface area contributed by atoms with Crippen LogP contribution in [0.2, 0.25) is 0 Å². The third-order valence-corrected chi connectivity index (χ3v) is 8.40. The van der Waals surface area contributed by atoms with Crippen LogP contribution in [0.25, 0.3) is 0 Å². The summed E-state index contributed by atoms with van der Waals surface area (Å²) in [5, 5.41) is 0. The summed E-state index contributed by atoms with van der Waals surface area (Å²) in [5.41, 5.74) is 16.6. The summed E-state index contributed by atoms with van der Waals surface area (Å²) in [4.78, 5) is 8.27. The maximum absolute atomic E-state index is 13.1. The molecule has 8 rings (SSSR count). The molecule has 0 spiro atoms. The van der Waals surface area contributed by atoms with Gasteiger partial charge < -0.3 is 30.4 Å². The molecular formula is C40H34F2N4O4. The van der Waals surface area contributed by atoms with Crippen LogP contribution in [0.3, 0.4) is 0 Å². The number of halogens is 2. The van der Waals surface area contributed by atoms with Gasteiger partial charge in [-0.2, -0.15) is 0 Å². The van der Waals surface area contributed by atoms with E-state index in [4.69, 9.17) is 30.4 Å². The fourth-order valence-electron chi connectivity index (χ4n) is 5.83. The van der Waals surface area contributed by atoms with Gasteiger partial charge in [0.25, 0.3) is 0 Å². The highest BCUT2D eigenvalue weighted by atomic mass is 19.1. The van der Waals surface area contributed by atoms with E-state index in [1.165, 1.54) is 24.3 Å². The van der Waals surface area contributed by atoms with E-state index in [1.807, 2.05) is 36.4 Å². The Kier molecular flexibility index (Phi) is 9.41. The molecule has 50 heavy (non-hydrogen) atoms. The molecule has 2 aromatic heterocycles. The number of aromatic nitrogens is 2. The van der Waals surface area contributed by atoms with Crippen LogP contribution in [0.4, 0.5) is 20.2 Å². The van der Waals surface area contributed by atoms with Crippen molar-refractivity contribution in [2.75, 3.05) is 11.5 Å². The summed E-state index contributed by atoms with van der Waals surface area (Å²) in [5.74, 6) is 3.59. The highest BCUT2D eigenvalue weighted by Crippen LogP contribution is 2.39. The zero-order valence-electron chi connectivity index (χ0n) is 27.0. The van der Waals surface area contributed by atoms with E-state index in [0.717, 1.165) is 59.4 Å². The molecule has 2 aliphatic heterocycles. The van der Waals surface area contributed by atoms with E-state index in [9.17, 15) is 8.78 Å². The lowest BCUT2D eigenvalue weighted by Gasteiger charge is -2.26. The van der Waals surface area contributed by atoms with Crippen LogP contribution in [0.1, 0.15) is 47.3 Å². The van der Waals surface area contributed by atoms with Crippen molar-refractivity contribution < 1.29 is 27.7 Å². The molecule has 0 radical (unpaired) electrons. The van der Waals surface area contributed by atoms with Crippen molar-refractivity contribution in [3.63, 3.8) is 0 Å². The maximum Gasteiger partial charge on any atom is 0.219 e. The number of anilines is 2. The molecule has 4 N–H and O–H groups in total. The van der Waals surface area contributed by atoms with E-state index in [-0.39, 0.29) is 23.8 Å². The quantitative estimate of drug-likeness (QED) is 0.180. The zero-order chi connectivity index (χ0) is 34.5. The fraction of sp³-hybridized carbons (Fsp3) is 0.150. The molecule has 6 aromatic rings. The minimum atomic E-state index is -0.238. The smallest absolute Gasteiger partial charge is 0.219 e. The Hall–Kier alpha value is -6.16. The molecular weight excluding hydrogens is 638 g/mol. The second-order valence-electron chi connectivity index (χ2n) is 12.0. The number of rotatable bonds is 6. The molecule has 4 aromatic carbocycles. The second-order valence-corrected chi connectivity index (χ2v) is 12.0. The van der Waals surface area contributed by atoms with Crippen molar-refractivity contribution in [2.45, 2.75) is 37.9 Å². The average molecular weight is 673 g/mol. The SMILES string of the molecule is Nc1ccc(Oc2ccc3c(c2)CCC(c2ccc(F)cc2)O3)nc1.Nc1ccc(Oc2ccc3c(c2)CCC(c2ccc(F)cc2)O3)nc1. The lowest BCUT2D eigenvalue weighted by atomic mass is 9.97. The average Bonchev–Trinajstić information content (AvgIpc) is 3.14. The van der Waals surface area contributed by atoms with Crippen LogP contribution < -0.4 is 30.4 Å². The van der Waals surface area contributed by atoms with Gasteiger partial charge in [0.2, 0.25) is 11.8 Å². The number of hydrogen-bond donors (Lipinski definition) is 2. The molecule has 8 nitrogen and oxygen atoms in total. The van der Waals surface area contributed by atoms with Gasteiger partial charge in [0.1, 0.15) is 46.8 Å². The topological polar surface area (TPSA) is 115 Å². The van der Waals surface area contributed by atoms with Crippen molar-refractivity contribution in [1.82, 2.24) is 9.97 Å². The third kappa shape index (κ3) is 7.92. The van der Waals surface area contributed by atoms with Gasteiger partial charge in [-0.3, -0.25) is 0 Å². The number of nitrogen functional groups attached to an aromatic ring is 2. The molecule has 4 heterocycles. The van der Waals surface area contributed by atoms with Crippen molar-refractivity contribution in [2.24, 2.45) is 0 Å². The Bertz CT molecular complexity index is 1910. The number of nitrogens with zero attached hydrogens (tertiary/aromatic N) is 2. The van der Waals surface area contributed by atoms with Gasteiger partial charge >= 0.3 is 0 Å². The zero-order valence-corrected chi connectivity index (χ0v) is 27.0. The predicted molar refractivity (Wildman–Crippen MR) is 187 cm³/mol. The Morgan fingerprint density at radius 1 is 0.540 bits per heavy atom. The van der Waals surface area contributed by atoms with E-state index >= 15 is 0 Å². The maximum atomic E-state index is 13.1. The van der Waals surface area contributed by atoms with Crippen molar-refractivity contribution in [3.05, 3.63) is 155 Å². The second kappa shape index (κ2) is 14.5. The van der Waals surface area contributed by atoms with Crippen LogP contribution in [0, 0.1) is 11.6 Å². The van der Waals surface area contributed by atoms with Crippen molar-refractivity contribution in [1.29, 1.82) is 0 Å². The molecule has 0 amide bonds. The molecule has 0 saturated carbocycles. The fourth-order valence-corrected chi connectivity index (χ4v) is 5.83. The first-order chi connectivity index (χ1) is 24.3. The number of fused-ring (bicyclic) bond motifs is 2. The first kappa shape index (κ1) is 32.4. The van der Waals surface area contributed by atoms with Gasteiger partial charge in [-0.15, -0.1) is 0 Å². The van der Waals surface area contributed by atoms with E-state index < -0.39 is 0 Å². The highest BCUT2D eigenvalue weighted by Gasteiger charge is 2.23. The van der Waals surface area contributed by atoms with Crippen molar-refractivity contribution in [3.8, 4) is 34.8 Å². The molecule has 2 unspecified atom stereocenters. The van der Waals surface area contributed by atoms with Gasteiger partial charge in [0.15, 0.2) is 0 Å². The first-order valence-electron chi connectivity index (χ1n) is 16.2. The Balaban J connectivity index is 0.000000157. The number of benzene rings is 4. The van der Waals surface area contributed by atoms with Crippen LogP contribution in [0.15, 0.2) is 122 Å². The summed E-state index contributed by atoms with van der Waals surface area (Å²) in [7, 11) is 0. The number of ether oxygens (including phenoxy) is 4. The van der Waals surface area contributed by atoms with Crippen LogP contribution in [-0.4, -0.2) is 9.97 Å². The molecule has 0 aliphatic carbocycles. The summed E-state index contributed by atoms with van der Waals surface area (Å²) in [6.45, 7) is 0. The molecule has 0 fully saturated rings. The van der Waals surface area contributed by atoms with E-state index in [0.29, 0.717) is 34.6 Å². The van der Waals surface area contributed by atoms with Crippen LogP contribution in [0.5, 0.6) is 34.8 Å².